The molecule has 4 amide bonds. The maximum absolute atomic E-state index is 13.7. The second kappa shape index (κ2) is 12.8. The largest absolute Gasteiger partial charge is 0.444 e. The van der Waals surface area contributed by atoms with Gasteiger partial charge in [-0.3, -0.25) is 14.4 Å². The van der Waals surface area contributed by atoms with E-state index in [1.165, 1.54) is 11.0 Å². The number of primary amides is 1. The lowest BCUT2D eigenvalue weighted by Gasteiger charge is -2.34. The van der Waals surface area contributed by atoms with E-state index in [0.717, 1.165) is 5.56 Å². The summed E-state index contributed by atoms with van der Waals surface area (Å²) in [5.74, 6) is -1.55. The van der Waals surface area contributed by atoms with Gasteiger partial charge in [-0.2, -0.15) is 0 Å². The van der Waals surface area contributed by atoms with Crippen molar-refractivity contribution >= 4 is 23.8 Å². The van der Waals surface area contributed by atoms with Gasteiger partial charge in [0.1, 0.15) is 17.7 Å². The van der Waals surface area contributed by atoms with Crippen molar-refractivity contribution in [1.29, 1.82) is 0 Å². The number of hydrogen-bond acceptors (Lipinski definition) is 5. The molecule has 0 heterocycles. The molecule has 0 aromatic heterocycles. The summed E-state index contributed by atoms with van der Waals surface area (Å²) in [7, 11) is 0. The third kappa shape index (κ3) is 9.64. The van der Waals surface area contributed by atoms with Crippen molar-refractivity contribution in [1.82, 2.24) is 15.5 Å². The van der Waals surface area contributed by atoms with Crippen molar-refractivity contribution in [3.05, 3.63) is 48.0 Å². The second-order valence-electron chi connectivity index (χ2n) is 9.46. The van der Waals surface area contributed by atoms with Crippen LogP contribution < -0.4 is 16.4 Å². The predicted octanol–water partition coefficient (Wildman–Crippen LogP) is 2.73. The van der Waals surface area contributed by atoms with Crippen molar-refractivity contribution in [2.75, 3.05) is 6.54 Å². The van der Waals surface area contributed by atoms with E-state index < -0.39 is 35.6 Å². The Morgan fingerprint density at radius 2 is 1.71 bits per heavy atom. The number of nitrogens with one attached hydrogen (secondary N) is 2. The standard InChI is InChI=1S/C25H38N4O5/c1-8-15-29(21(22(31)27-16(2)3)18-11-9-17(4)10-12-18)23(32)19(13-14-20(26)30)28-24(33)34-25(5,6)7/h8-12,16,19,21H,1,13-15H2,2-7H3,(H2,26,30)(H,27,31)(H,28,33). The summed E-state index contributed by atoms with van der Waals surface area (Å²) in [6, 6.07) is 4.99. The molecule has 1 rings (SSSR count). The van der Waals surface area contributed by atoms with Gasteiger partial charge in [0.2, 0.25) is 17.7 Å². The Kier molecular flexibility index (Phi) is 10.8. The molecule has 0 aliphatic rings. The fourth-order valence-electron chi connectivity index (χ4n) is 3.24. The summed E-state index contributed by atoms with van der Waals surface area (Å²) in [6.45, 7) is 14.4. The fourth-order valence-corrected chi connectivity index (χ4v) is 3.24. The molecule has 2 unspecified atom stereocenters. The van der Waals surface area contributed by atoms with Crippen LogP contribution in [0.3, 0.4) is 0 Å². The molecule has 9 heteroatoms. The molecule has 1 aromatic carbocycles. The molecule has 0 saturated heterocycles. The first-order chi connectivity index (χ1) is 15.7. The smallest absolute Gasteiger partial charge is 0.408 e. The number of rotatable bonds is 11. The zero-order chi connectivity index (χ0) is 26.1. The summed E-state index contributed by atoms with van der Waals surface area (Å²) in [5.41, 5.74) is 6.10. The molecule has 0 bridgehead atoms. The van der Waals surface area contributed by atoms with Gasteiger partial charge in [-0.25, -0.2) is 4.79 Å². The molecule has 9 nitrogen and oxygen atoms in total. The first kappa shape index (κ1) is 28.7. The molecule has 188 valence electrons. The average molecular weight is 475 g/mol. The summed E-state index contributed by atoms with van der Waals surface area (Å²) in [4.78, 5) is 52.1. The number of carbonyl (C=O) groups excluding carboxylic acids is 4. The topological polar surface area (TPSA) is 131 Å². The monoisotopic (exact) mass is 474 g/mol. The first-order valence-electron chi connectivity index (χ1n) is 11.3. The molecule has 4 N–H and O–H groups in total. The van der Waals surface area contributed by atoms with Gasteiger partial charge in [0.15, 0.2) is 0 Å². The molecule has 0 saturated carbocycles. The van der Waals surface area contributed by atoms with Crippen LogP contribution in [0.5, 0.6) is 0 Å². The molecule has 0 fully saturated rings. The van der Waals surface area contributed by atoms with E-state index >= 15 is 0 Å². The first-order valence-corrected chi connectivity index (χ1v) is 11.3. The lowest BCUT2D eigenvalue weighted by Crippen LogP contribution is -2.53. The number of hydrogen-bond donors (Lipinski definition) is 3. The van der Waals surface area contributed by atoms with Crippen LogP contribution in [0.15, 0.2) is 36.9 Å². The number of ether oxygens (including phenoxy) is 1. The van der Waals surface area contributed by atoms with Crippen LogP contribution in [-0.2, 0) is 19.1 Å². The molecule has 0 radical (unpaired) electrons. The van der Waals surface area contributed by atoms with Gasteiger partial charge < -0.3 is 26.0 Å². The Labute approximate surface area is 202 Å². The number of carbonyl (C=O) groups is 4. The van der Waals surface area contributed by atoms with Crippen molar-refractivity contribution in [3.63, 3.8) is 0 Å². The Bertz CT molecular complexity index is 874. The Balaban J connectivity index is 3.41. The highest BCUT2D eigenvalue weighted by Gasteiger charge is 2.36. The lowest BCUT2D eigenvalue weighted by atomic mass is 10.00. The Morgan fingerprint density at radius 3 is 2.18 bits per heavy atom. The molecule has 34 heavy (non-hydrogen) atoms. The highest BCUT2D eigenvalue weighted by Crippen LogP contribution is 2.24. The van der Waals surface area contributed by atoms with Crippen LogP contribution in [-0.4, -0.2) is 52.9 Å². The Morgan fingerprint density at radius 1 is 1.12 bits per heavy atom. The van der Waals surface area contributed by atoms with Crippen molar-refractivity contribution in [2.45, 2.75) is 78.1 Å². The third-order valence-corrected chi connectivity index (χ3v) is 4.66. The quantitative estimate of drug-likeness (QED) is 0.425. The van der Waals surface area contributed by atoms with Gasteiger partial charge in [0.25, 0.3) is 0 Å². The van der Waals surface area contributed by atoms with Crippen LogP contribution in [0.1, 0.15) is 64.6 Å². The number of nitrogens with zero attached hydrogens (tertiary/aromatic N) is 1. The lowest BCUT2D eigenvalue weighted by molar-refractivity contribution is -0.142. The second-order valence-corrected chi connectivity index (χ2v) is 9.46. The third-order valence-electron chi connectivity index (χ3n) is 4.66. The zero-order valence-electron chi connectivity index (χ0n) is 21.0. The summed E-state index contributed by atoms with van der Waals surface area (Å²) in [6.07, 6.45) is 0.502. The van der Waals surface area contributed by atoms with Crippen molar-refractivity contribution in [3.8, 4) is 0 Å². The van der Waals surface area contributed by atoms with Crippen molar-refractivity contribution < 1.29 is 23.9 Å². The van der Waals surface area contributed by atoms with Crippen LogP contribution in [0.25, 0.3) is 0 Å². The van der Waals surface area contributed by atoms with Gasteiger partial charge in [0.05, 0.1) is 0 Å². The van der Waals surface area contributed by atoms with Gasteiger partial charge in [-0.1, -0.05) is 35.9 Å². The van der Waals surface area contributed by atoms with E-state index in [1.54, 1.807) is 32.9 Å². The molecular weight excluding hydrogens is 436 g/mol. The van der Waals surface area contributed by atoms with Gasteiger partial charge in [-0.15, -0.1) is 6.58 Å². The number of aryl methyl sites for hydroxylation is 1. The van der Waals surface area contributed by atoms with E-state index in [0.29, 0.717) is 5.56 Å². The predicted molar refractivity (Wildman–Crippen MR) is 131 cm³/mol. The number of benzene rings is 1. The van der Waals surface area contributed by atoms with E-state index in [1.807, 2.05) is 32.9 Å². The van der Waals surface area contributed by atoms with E-state index in [-0.39, 0.29) is 31.3 Å². The van der Waals surface area contributed by atoms with E-state index in [9.17, 15) is 19.2 Å². The molecular formula is C25H38N4O5. The Hall–Kier alpha value is -3.36. The molecule has 0 aliphatic carbocycles. The highest BCUT2D eigenvalue weighted by molar-refractivity contribution is 5.92. The summed E-state index contributed by atoms with van der Waals surface area (Å²) < 4.78 is 5.29. The minimum atomic E-state index is -1.14. The fraction of sp³-hybridized carbons (Fsp3) is 0.520. The SMILES string of the molecule is C=CCN(C(=O)C(CCC(N)=O)NC(=O)OC(C)(C)C)C(C(=O)NC(C)C)c1ccc(C)cc1. The van der Waals surface area contributed by atoms with Crippen LogP contribution in [0.2, 0.25) is 0 Å². The van der Waals surface area contributed by atoms with E-state index in [2.05, 4.69) is 17.2 Å². The molecule has 0 aliphatic heterocycles. The maximum Gasteiger partial charge on any atom is 0.408 e. The minimum Gasteiger partial charge on any atom is -0.444 e. The zero-order valence-corrected chi connectivity index (χ0v) is 21.0. The maximum atomic E-state index is 13.7. The number of alkyl carbamates (subject to hydrolysis) is 1. The average Bonchev–Trinajstić information content (AvgIpc) is 2.69. The molecule has 2 atom stereocenters. The normalized spacial score (nSPS) is 12.9. The van der Waals surface area contributed by atoms with Crippen LogP contribution >= 0.6 is 0 Å². The van der Waals surface area contributed by atoms with Gasteiger partial charge in [0, 0.05) is 19.0 Å². The number of amides is 4. The van der Waals surface area contributed by atoms with Gasteiger partial charge >= 0.3 is 6.09 Å². The van der Waals surface area contributed by atoms with Crippen LogP contribution in [0.4, 0.5) is 4.79 Å². The summed E-state index contributed by atoms with van der Waals surface area (Å²) >= 11 is 0. The summed E-state index contributed by atoms with van der Waals surface area (Å²) in [5, 5.41) is 5.39. The van der Waals surface area contributed by atoms with E-state index in [4.69, 9.17) is 10.5 Å². The molecule has 1 aromatic rings. The highest BCUT2D eigenvalue weighted by atomic mass is 16.6. The molecule has 0 spiro atoms. The van der Waals surface area contributed by atoms with Crippen LogP contribution in [0, 0.1) is 6.92 Å². The van der Waals surface area contributed by atoms with Crippen molar-refractivity contribution in [2.24, 2.45) is 5.73 Å². The number of nitrogens with two attached hydrogens (primary N) is 1. The minimum absolute atomic E-state index is 0.0337. The van der Waals surface area contributed by atoms with Gasteiger partial charge in [-0.05, 0) is 53.5 Å².